The average Bonchev–Trinajstić information content (AvgIpc) is 2.38. The average molecular weight is 253 g/mol. The third-order valence-electron chi connectivity index (χ3n) is 2.88. The van der Waals surface area contributed by atoms with Crippen molar-refractivity contribution in [2.45, 2.75) is 0 Å². The summed E-state index contributed by atoms with van der Waals surface area (Å²) in [6, 6.07) is 0. The molecule has 2 heterocycles. The summed E-state index contributed by atoms with van der Waals surface area (Å²) in [4.78, 5) is 22.4. The molecule has 1 aromatic rings. The molecule has 1 aliphatic heterocycles. The van der Waals surface area contributed by atoms with Crippen molar-refractivity contribution in [3.63, 3.8) is 0 Å². The highest BCUT2D eigenvalue weighted by atomic mass is 16.6. The van der Waals surface area contributed by atoms with Gasteiger partial charge in [-0.05, 0) is 7.05 Å². The minimum Gasteiger partial charge on any atom is -0.348 e. The van der Waals surface area contributed by atoms with Crippen LogP contribution >= 0.6 is 0 Å². The largest absolute Gasteiger partial charge is 0.348 e. The third kappa shape index (κ3) is 2.46. The number of rotatable bonds is 3. The Morgan fingerprint density at radius 1 is 1.44 bits per heavy atom. The van der Waals surface area contributed by atoms with E-state index in [1.807, 2.05) is 11.9 Å². The minimum absolute atomic E-state index is 0.0986. The first-order valence-corrected chi connectivity index (χ1v) is 5.53. The Labute approximate surface area is 104 Å². The number of nitrogens with two attached hydrogens (primary N) is 1. The van der Waals surface area contributed by atoms with Crippen LogP contribution in [0.15, 0.2) is 6.20 Å². The highest BCUT2D eigenvalue weighted by Gasteiger charge is 2.25. The van der Waals surface area contributed by atoms with Crippen LogP contribution < -0.4 is 16.2 Å². The molecule has 0 spiro atoms. The van der Waals surface area contributed by atoms with Crippen LogP contribution in [-0.2, 0) is 0 Å². The number of likely N-dealkylation sites (N-methyl/N-ethyl adjacent to an activating group) is 1. The molecule has 1 fully saturated rings. The molecule has 0 aliphatic carbocycles. The van der Waals surface area contributed by atoms with E-state index < -0.39 is 4.92 Å². The van der Waals surface area contributed by atoms with Crippen LogP contribution in [0.1, 0.15) is 0 Å². The number of hydrazine groups is 1. The molecule has 1 aliphatic rings. The Morgan fingerprint density at radius 3 is 2.67 bits per heavy atom. The molecule has 9 heteroatoms. The molecule has 0 aromatic carbocycles. The van der Waals surface area contributed by atoms with Crippen LogP contribution in [0, 0.1) is 10.1 Å². The molecular formula is C9H15N7O2. The van der Waals surface area contributed by atoms with Crippen LogP contribution in [0.5, 0.6) is 0 Å². The molecule has 9 nitrogen and oxygen atoms in total. The standard InChI is InChI=1S/C9H15N7O2/c1-14-2-4-15(5-3-14)8-7(16(17)18)6-11-9(12-8)13-10/h6H,2-5,10H2,1H3,(H,11,12,13). The van der Waals surface area contributed by atoms with Gasteiger partial charge in [0.1, 0.15) is 6.20 Å². The van der Waals surface area contributed by atoms with Crippen LogP contribution in [-0.4, -0.2) is 53.0 Å². The number of nitrogens with one attached hydrogen (secondary N) is 1. The zero-order chi connectivity index (χ0) is 13.1. The zero-order valence-corrected chi connectivity index (χ0v) is 10.0. The predicted octanol–water partition coefficient (Wildman–Crippen LogP) is -0.578. The van der Waals surface area contributed by atoms with Crippen LogP contribution in [0.2, 0.25) is 0 Å². The van der Waals surface area contributed by atoms with E-state index in [0.717, 1.165) is 13.1 Å². The van der Waals surface area contributed by atoms with Crippen molar-refractivity contribution in [3.05, 3.63) is 16.3 Å². The highest BCUT2D eigenvalue weighted by molar-refractivity contribution is 5.59. The van der Waals surface area contributed by atoms with E-state index in [2.05, 4.69) is 20.3 Å². The molecule has 3 N–H and O–H groups in total. The van der Waals surface area contributed by atoms with Gasteiger partial charge in [-0.2, -0.15) is 4.98 Å². The second-order valence-corrected chi connectivity index (χ2v) is 4.09. The predicted molar refractivity (Wildman–Crippen MR) is 66.2 cm³/mol. The maximum Gasteiger partial charge on any atom is 0.329 e. The molecule has 0 saturated carbocycles. The number of piperazine rings is 1. The van der Waals surface area contributed by atoms with E-state index in [1.165, 1.54) is 6.20 Å². The summed E-state index contributed by atoms with van der Waals surface area (Å²) in [6.45, 7) is 3.07. The molecule has 98 valence electrons. The van der Waals surface area contributed by atoms with Crippen molar-refractivity contribution < 1.29 is 4.92 Å². The molecule has 0 unspecified atom stereocenters. The van der Waals surface area contributed by atoms with Crippen molar-refractivity contribution in [1.82, 2.24) is 14.9 Å². The van der Waals surface area contributed by atoms with E-state index >= 15 is 0 Å². The van der Waals surface area contributed by atoms with Crippen LogP contribution in [0.3, 0.4) is 0 Å². The van der Waals surface area contributed by atoms with E-state index in [9.17, 15) is 10.1 Å². The first kappa shape index (κ1) is 12.5. The van der Waals surface area contributed by atoms with Gasteiger partial charge < -0.3 is 9.80 Å². The lowest BCUT2D eigenvalue weighted by Crippen LogP contribution is -2.45. The molecule has 2 rings (SSSR count). The normalized spacial score (nSPS) is 16.7. The maximum atomic E-state index is 11.0. The first-order valence-electron chi connectivity index (χ1n) is 5.53. The fraction of sp³-hybridized carbons (Fsp3) is 0.556. The number of nitrogen functional groups attached to an aromatic ring is 1. The van der Waals surface area contributed by atoms with Gasteiger partial charge in [-0.3, -0.25) is 15.5 Å². The number of nitrogens with zero attached hydrogens (tertiary/aromatic N) is 5. The van der Waals surface area contributed by atoms with Gasteiger partial charge in [-0.25, -0.2) is 10.8 Å². The molecule has 18 heavy (non-hydrogen) atoms. The lowest BCUT2D eigenvalue weighted by Gasteiger charge is -2.32. The molecular weight excluding hydrogens is 238 g/mol. The second-order valence-electron chi connectivity index (χ2n) is 4.09. The maximum absolute atomic E-state index is 11.0. The Balaban J connectivity index is 2.31. The third-order valence-corrected chi connectivity index (χ3v) is 2.88. The number of anilines is 2. The Kier molecular flexibility index (Phi) is 3.53. The highest BCUT2D eigenvalue weighted by Crippen LogP contribution is 2.26. The van der Waals surface area contributed by atoms with E-state index in [4.69, 9.17) is 5.84 Å². The van der Waals surface area contributed by atoms with Crippen LogP contribution in [0.4, 0.5) is 17.5 Å². The molecule has 0 radical (unpaired) electrons. The topological polar surface area (TPSA) is 113 Å². The van der Waals surface area contributed by atoms with Crippen molar-refractivity contribution in [1.29, 1.82) is 0 Å². The van der Waals surface area contributed by atoms with Gasteiger partial charge in [0.25, 0.3) is 0 Å². The Hall–Kier alpha value is -2.00. The van der Waals surface area contributed by atoms with Crippen molar-refractivity contribution in [3.8, 4) is 0 Å². The van der Waals surface area contributed by atoms with Crippen LogP contribution in [0.25, 0.3) is 0 Å². The van der Waals surface area contributed by atoms with Gasteiger partial charge in [0.05, 0.1) is 4.92 Å². The molecule has 0 atom stereocenters. The SMILES string of the molecule is CN1CCN(c2nc(NN)ncc2[N+](=O)[O-])CC1. The fourth-order valence-electron chi connectivity index (χ4n) is 1.82. The summed E-state index contributed by atoms with van der Waals surface area (Å²) in [5, 5.41) is 11.0. The monoisotopic (exact) mass is 253 g/mol. The summed E-state index contributed by atoms with van der Waals surface area (Å²) in [6.07, 6.45) is 1.18. The van der Waals surface area contributed by atoms with Gasteiger partial charge in [-0.15, -0.1) is 0 Å². The van der Waals surface area contributed by atoms with Crippen molar-refractivity contribution in [2.75, 3.05) is 43.6 Å². The molecule has 1 aromatic heterocycles. The van der Waals surface area contributed by atoms with Gasteiger partial charge in [0.15, 0.2) is 0 Å². The number of hydrogen-bond acceptors (Lipinski definition) is 8. The smallest absolute Gasteiger partial charge is 0.329 e. The summed E-state index contributed by atoms with van der Waals surface area (Å²) in [5.41, 5.74) is 2.20. The second kappa shape index (κ2) is 5.10. The summed E-state index contributed by atoms with van der Waals surface area (Å²) < 4.78 is 0. The van der Waals surface area contributed by atoms with E-state index in [0.29, 0.717) is 18.9 Å². The van der Waals surface area contributed by atoms with Gasteiger partial charge >= 0.3 is 5.69 Å². The first-order chi connectivity index (χ1) is 8.61. The van der Waals surface area contributed by atoms with Gasteiger partial charge in [0.2, 0.25) is 11.8 Å². The zero-order valence-electron chi connectivity index (χ0n) is 10.0. The van der Waals surface area contributed by atoms with E-state index in [-0.39, 0.29) is 11.6 Å². The lowest BCUT2D eigenvalue weighted by atomic mass is 10.3. The number of aromatic nitrogens is 2. The summed E-state index contributed by atoms with van der Waals surface area (Å²) in [5.74, 6) is 5.72. The van der Waals surface area contributed by atoms with Crippen molar-refractivity contribution >= 4 is 17.5 Å². The Morgan fingerprint density at radius 2 is 2.11 bits per heavy atom. The quantitative estimate of drug-likeness (QED) is 0.418. The summed E-state index contributed by atoms with van der Waals surface area (Å²) >= 11 is 0. The summed E-state index contributed by atoms with van der Waals surface area (Å²) in [7, 11) is 2.01. The van der Waals surface area contributed by atoms with Gasteiger partial charge in [0, 0.05) is 26.2 Å². The molecule has 0 bridgehead atoms. The Bertz CT molecular complexity index is 445. The fourth-order valence-corrected chi connectivity index (χ4v) is 1.82. The molecule has 1 saturated heterocycles. The minimum atomic E-state index is -0.478. The molecule has 0 amide bonds. The van der Waals surface area contributed by atoms with Gasteiger partial charge in [-0.1, -0.05) is 0 Å². The van der Waals surface area contributed by atoms with Crippen molar-refractivity contribution in [2.24, 2.45) is 5.84 Å². The number of nitro groups is 1. The number of hydrogen-bond donors (Lipinski definition) is 2. The van der Waals surface area contributed by atoms with E-state index in [1.54, 1.807) is 0 Å². The lowest BCUT2D eigenvalue weighted by molar-refractivity contribution is -0.384.